The largest absolute Gasteiger partial charge is 0.314 e. The molecule has 1 atom stereocenters. The summed E-state index contributed by atoms with van der Waals surface area (Å²) < 4.78 is 1.42. The van der Waals surface area contributed by atoms with Gasteiger partial charge in [-0.2, -0.15) is 0 Å². The van der Waals surface area contributed by atoms with E-state index in [1.807, 2.05) is 11.3 Å². The number of thiophene rings is 1. The Morgan fingerprint density at radius 3 is 3.13 bits per heavy atom. The zero-order chi connectivity index (χ0) is 10.1. The van der Waals surface area contributed by atoms with Crippen molar-refractivity contribution in [2.24, 2.45) is 0 Å². The topological polar surface area (TPSA) is 12.0 Å². The number of rotatable bonds is 2. The van der Waals surface area contributed by atoms with Crippen LogP contribution in [0.1, 0.15) is 18.4 Å². The molecule has 1 aromatic heterocycles. The van der Waals surface area contributed by atoms with Crippen molar-refractivity contribution in [2.45, 2.75) is 25.3 Å². The van der Waals surface area contributed by atoms with Gasteiger partial charge in [-0.1, -0.05) is 18.2 Å². The van der Waals surface area contributed by atoms with Crippen LogP contribution < -0.4 is 5.32 Å². The van der Waals surface area contributed by atoms with Crippen LogP contribution in [-0.2, 0) is 6.42 Å². The third-order valence-corrected chi connectivity index (χ3v) is 4.20. The predicted molar refractivity (Wildman–Crippen MR) is 66.6 cm³/mol. The molecule has 0 radical (unpaired) electrons. The molecule has 2 heteroatoms. The molecule has 15 heavy (non-hydrogen) atoms. The minimum Gasteiger partial charge on any atom is -0.314 e. The molecule has 3 rings (SSSR count). The number of hydrogen-bond acceptors (Lipinski definition) is 2. The monoisotopic (exact) mass is 217 g/mol. The first-order valence-corrected chi connectivity index (χ1v) is 6.50. The van der Waals surface area contributed by atoms with Crippen molar-refractivity contribution in [3.63, 3.8) is 0 Å². The van der Waals surface area contributed by atoms with E-state index in [1.54, 1.807) is 0 Å². The highest BCUT2D eigenvalue weighted by molar-refractivity contribution is 7.17. The van der Waals surface area contributed by atoms with E-state index < -0.39 is 0 Å². The van der Waals surface area contributed by atoms with E-state index in [4.69, 9.17) is 0 Å². The summed E-state index contributed by atoms with van der Waals surface area (Å²) in [6.07, 6.45) is 3.88. The second kappa shape index (κ2) is 3.95. The lowest BCUT2D eigenvalue weighted by Crippen LogP contribution is -2.23. The molecular formula is C13H15NS. The highest BCUT2D eigenvalue weighted by atomic mass is 32.1. The van der Waals surface area contributed by atoms with Gasteiger partial charge in [0.2, 0.25) is 0 Å². The molecule has 78 valence electrons. The maximum absolute atomic E-state index is 3.56. The lowest BCUT2D eigenvalue weighted by Gasteiger charge is -2.08. The smallest absolute Gasteiger partial charge is 0.0345 e. The van der Waals surface area contributed by atoms with E-state index >= 15 is 0 Å². The van der Waals surface area contributed by atoms with Crippen molar-refractivity contribution in [1.82, 2.24) is 5.32 Å². The summed E-state index contributed by atoms with van der Waals surface area (Å²) in [5.41, 5.74) is 1.52. The standard InChI is InChI=1S/C13H15NS/c1-2-6-13-12(5-1)10(9-15-13)8-11-4-3-7-14-11/h1-2,5-6,9,11,14H,3-4,7-8H2. The van der Waals surface area contributed by atoms with E-state index in [9.17, 15) is 0 Å². The second-order valence-electron chi connectivity index (χ2n) is 4.25. The van der Waals surface area contributed by atoms with E-state index in [1.165, 1.54) is 41.5 Å². The molecule has 1 aliphatic heterocycles. The first kappa shape index (κ1) is 9.37. The fourth-order valence-electron chi connectivity index (χ4n) is 2.39. The van der Waals surface area contributed by atoms with Gasteiger partial charge in [0.05, 0.1) is 0 Å². The molecule has 0 saturated carbocycles. The van der Waals surface area contributed by atoms with Gasteiger partial charge in [0.25, 0.3) is 0 Å². The van der Waals surface area contributed by atoms with E-state index in [-0.39, 0.29) is 0 Å². The molecule has 0 bridgehead atoms. The predicted octanol–water partition coefficient (Wildman–Crippen LogP) is 3.20. The Balaban J connectivity index is 1.90. The van der Waals surface area contributed by atoms with Crippen molar-refractivity contribution in [1.29, 1.82) is 0 Å². The van der Waals surface area contributed by atoms with Gasteiger partial charge in [0.1, 0.15) is 0 Å². The van der Waals surface area contributed by atoms with Gasteiger partial charge in [-0.15, -0.1) is 11.3 Å². The van der Waals surface area contributed by atoms with Crippen LogP contribution in [0.3, 0.4) is 0 Å². The van der Waals surface area contributed by atoms with E-state index in [0.717, 1.165) is 0 Å². The fourth-order valence-corrected chi connectivity index (χ4v) is 3.36. The lowest BCUT2D eigenvalue weighted by molar-refractivity contribution is 0.606. The van der Waals surface area contributed by atoms with Gasteiger partial charge in [-0.25, -0.2) is 0 Å². The Hall–Kier alpha value is -0.860. The summed E-state index contributed by atoms with van der Waals surface area (Å²) in [7, 11) is 0. The van der Waals surface area contributed by atoms with Crippen molar-refractivity contribution >= 4 is 21.4 Å². The summed E-state index contributed by atoms with van der Waals surface area (Å²) in [5, 5.41) is 7.34. The summed E-state index contributed by atoms with van der Waals surface area (Å²) in [4.78, 5) is 0. The van der Waals surface area contributed by atoms with Gasteiger partial charge in [0.15, 0.2) is 0 Å². The highest BCUT2D eigenvalue weighted by Gasteiger charge is 2.15. The third-order valence-electron chi connectivity index (χ3n) is 3.19. The molecule has 1 fully saturated rings. The van der Waals surface area contributed by atoms with Crippen molar-refractivity contribution < 1.29 is 0 Å². The highest BCUT2D eigenvalue weighted by Crippen LogP contribution is 2.27. The maximum atomic E-state index is 3.56. The van der Waals surface area contributed by atoms with Crippen molar-refractivity contribution in [2.75, 3.05) is 6.54 Å². The molecule has 0 aliphatic carbocycles. The summed E-state index contributed by atoms with van der Waals surface area (Å²) >= 11 is 1.87. The SMILES string of the molecule is c1ccc2c(CC3CCCN3)csc2c1. The molecule has 1 saturated heterocycles. The average Bonchev–Trinajstić information content (AvgIpc) is 2.89. The number of fused-ring (bicyclic) bond motifs is 1. The van der Waals surface area contributed by atoms with Gasteiger partial charge in [-0.05, 0) is 48.2 Å². The van der Waals surface area contributed by atoms with Gasteiger partial charge < -0.3 is 5.32 Å². The van der Waals surface area contributed by atoms with Crippen LogP contribution in [0.15, 0.2) is 29.6 Å². The Morgan fingerprint density at radius 2 is 2.27 bits per heavy atom. The number of hydrogen-bond donors (Lipinski definition) is 1. The molecule has 1 nitrogen and oxygen atoms in total. The number of benzene rings is 1. The third kappa shape index (κ3) is 1.80. The molecule has 1 N–H and O–H groups in total. The average molecular weight is 217 g/mol. The molecule has 1 unspecified atom stereocenters. The maximum Gasteiger partial charge on any atom is 0.0345 e. The summed E-state index contributed by atoms with van der Waals surface area (Å²) in [6, 6.07) is 9.43. The van der Waals surface area contributed by atoms with Crippen molar-refractivity contribution in [3.05, 3.63) is 35.2 Å². The zero-order valence-electron chi connectivity index (χ0n) is 8.70. The van der Waals surface area contributed by atoms with Crippen LogP contribution in [-0.4, -0.2) is 12.6 Å². The van der Waals surface area contributed by atoms with Crippen LogP contribution in [0, 0.1) is 0 Å². The van der Waals surface area contributed by atoms with E-state index in [0.29, 0.717) is 6.04 Å². The summed E-state index contributed by atoms with van der Waals surface area (Å²) in [6.45, 7) is 1.20. The molecule has 1 aliphatic rings. The fraction of sp³-hybridized carbons (Fsp3) is 0.385. The zero-order valence-corrected chi connectivity index (χ0v) is 9.52. The minimum absolute atomic E-state index is 0.711. The van der Waals surface area contributed by atoms with Gasteiger partial charge in [0, 0.05) is 10.7 Å². The Kier molecular flexibility index (Phi) is 2.47. The van der Waals surface area contributed by atoms with Crippen LogP contribution in [0.2, 0.25) is 0 Å². The normalized spacial score (nSPS) is 21.2. The Morgan fingerprint density at radius 1 is 1.33 bits per heavy atom. The molecule has 2 aromatic rings. The lowest BCUT2D eigenvalue weighted by atomic mass is 10.0. The molecule has 0 amide bonds. The van der Waals surface area contributed by atoms with Crippen LogP contribution in [0.25, 0.3) is 10.1 Å². The quantitative estimate of drug-likeness (QED) is 0.814. The first-order chi connectivity index (χ1) is 7.43. The minimum atomic E-state index is 0.711. The summed E-state index contributed by atoms with van der Waals surface area (Å²) in [5.74, 6) is 0. The van der Waals surface area contributed by atoms with Gasteiger partial charge >= 0.3 is 0 Å². The Labute approximate surface area is 94.1 Å². The van der Waals surface area contributed by atoms with E-state index in [2.05, 4.69) is 35.0 Å². The van der Waals surface area contributed by atoms with Gasteiger partial charge in [-0.3, -0.25) is 0 Å². The van der Waals surface area contributed by atoms with Crippen LogP contribution in [0.4, 0.5) is 0 Å². The van der Waals surface area contributed by atoms with Crippen LogP contribution in [0.5, 0.6) is 0 Å². The second-order valence-corrected chi connectivity index (χ2v) is 5.17. The molecule has 0 spiro atoms. The van der Waals surface area contributed by atoms with Crippen LogP contribution >= 0.6 is 11.3 Å². The van der Waals surface area contributed by atoms with Crippen molar-refractivity contribution in [3.8, 4) is 0 Å². The molecule has 2 heterocycles. The molecule has 1 aromatic carbocycles. The Bertz CT molecular complexity index is 454. The first-order valence-electron chi connectivity index (χ1n) is 5.62. The number of nitrogens with one attached hydrogen (secondary N) is 1. The molecular weight excluding hydrogens is 202 g/mol.